The molecule has 5 nitrogen and oxygen atoms in total. The van der Waals surface area contributed by atoms with Crippen molar-refractivity contribution in [2.24, 2.45) is 5.41 Å². The predicted molar refractivity (Wildman–Crippen MR) is 96.9 cm³/mol. The van der Waals surface area contributed by atoms with E-state index in [2.05, 4.69) is 15.9 Å². The lowest BCUT2D eigenvalue weighted by atomic mass is 9.69. The molecule has 2 aliphatic rings. The summed E-state index contributed by atoms with van der Waals surface area (Å²) in [5, 5.41) is 0. The molecule has 1 spiro atoms. The molecular formula is C15H14BrCl2F3N2O3S. The van der Waals surface area contributed by atoms with Gasteiger partial charge in [0.1, 0.15) is 5.82 Å². The minimum absolute atomic E-state index is 0.0699. The summed E-state index contributed by atoms with van der Waals surface area (Å²) in [5.74, 6) is -4.82. The van der Waals surface area contributed by atoms with Crippen LogP contribution in [0.3, 0.4) is 0 Å². The van der Waals surface area contributed by atoms with Gasteiger partial charge in [0.05, 0.1) is 21.3 Å². The van der Waals surface area contributed by atoms with Crippen LogP contribution in [0.25, 0.3) is 0 Å². The summed E-state index contributed by atoms with van der Waals surface area (Å²) < 4.78 is 69.2. The summed E-state index contributed by atoms with van der Waals surface area (Å²) in [6.07, 6.45) is -0.142. The molecule has 0 aliphatic carbocycles. The van der Waals surface area contributed by atoms with Crippen molar-refractivity contribution >= 4 is 55.1 Å². The maximum absolute atomic E-state index is 14.8. The maximum Gasteiger partial charge on any atom is 0.270 e. The van der Waals surface area contributed by atoms with Crippen LogP contribution in [0.5, 0.6) is 0 Å². The number of benzene rings is 1. The van der Waals surface area contributed by atoms with E-state index in [0.29, 0.717) is 4.31 Å². The van der Waals surface area contributed by atoms with Gasteiger partial charge in [0.2, 0.25) is 10.0 Å². The zero-order valence-corrected chi connectivity index (χ0v) is 17.6. The molecule has 2 fully saturated rings. The zero-order valence-electron chi connectivity index (χ0n) is 13.6. The normalized spacial score (nSPS) is 22.1. The van der Waals surface area contributed by atoms with E-state index in [-0.39, 0.29) is 30.5 Å². The summed E-state index contributed by atoms with van der Waals surface area (Å²) in [5.41, 5.74) is -1.51. The lowest BCUT2D eigenvalue weighted by Crippen LogP contribution is -2.71. The third-order valence-corrected chi connectivity index (χ3v) is 7.86. The average Bonchev–Trinajstić information content (AvgIpc) is 2.53. The van der Waals surface area contributed by atoms with Crippen molar-refractivity contribution in [1.29, 1.82) is 0 Å². The molecule has 1 aromatic carbocycles. The summed E-state index contributed by atoms with van der Waals surface area (Å²) in [7, 11) is -4.28. The SMILES string of the molecule is O=C(C(Cl)Cl)N1CC2(CCN(S(=O)(=O)c3ccc(Br)c(F)c3)CC2(F)F)C1. The van der Waals surface area contributed by atoms with Crippen LogP contribution in [0.2, 0.25) is 0 Å². The molecule has 2 aliphatic heterocycles. The second-order valence-electron chi connectivity index (χ2n) is 6.64. The van der Waals surface area contributed by atoms with Crippen LogP contribution in [-0.2, 0) is 14.8 Å². The molecule has 0 aromatic heterocycles. The van der Waals surface area contributed by atoms with E-state index in [0.717, 1.165) is 17.0 Å². The lowest BCUT2D eigenvalue weighted by molar-refractivity contribution is -0.215. The summed E-state index contributed by atoms with van der Waals surface area (Å²) in [6.45, 7) is -1.69. The Bertz CT molecular complexity index is 879. The Hall–Kier alpha value is -0.550. The fourth-order valence-electron chi connectivity index (χ4n) is 3.35. The number of alkyl halides is 4. The number of carbonyl (C=O) groups excluding carboxylic acids is 1. The first-order valence-corrected chi connectivity index (χ1v) is 10.9. The molecule has 2 heterocycles. The van der Waals surface area contributed by atoms with Crippen molar-refractivity contribution in [3.05, 3.63) is 28.5 Å². The van der Waals surface area contributed by atoms with Gasteiger partial charge >= 0.3 is 0 Å². The van der Waals surface area contributed by atoms with Crippen molar-refractivity contribution in [3.63, 3.8) is 0 Å². The standard InChI is InChI=1S/C15H14BrCl2F3N2O3S/c16-10-2-1-9(5-11(10)19)27(25,26)23-4-3-14(15(20,21)8-23)6-22(7-14)13(24)12(17)18/h1-2,5,12H,3-4,6-8H2. The van der Waals surface area contributed by atoms with Gasteiger partial charge in [-0.15, -0.1) is 0 Å². The second kappa shape index (κ2) is 7.05. The predicted octanol–water partition coefficient (Wildman–Crippen LogP) is 3.25. The fraction of sp³-hybridized carbons (Fsp3) is 0.533. The Labute approximate surface area is 172 Å². The summed E-state index contributed by atoms with van der Waals surface area (Å²) in [4.78, 5) is 11.1. The Morgan fingerprint density at radius 2 is 1.85 bits per heavy atom. The number of amides is 1. The van der Waals surface area contributed by atoms with Gasteiger partial charge in [0, 0.05) is 19.6 Å². The van der Waals surface area contributed by atoms with Crippen LogP contribution in [0.4, 0.5) is 13.2 Å². The van der Waals surface area contributed by atoms with Crippen LogP contribution in [0.15, 0.2) is 27.6 Å². The number of nitrogens with zero attached hydrogens (tertiary/aromatic N) is 2. The first kappa shape index (κ1) is 21.2. The number of carbonyl (C=O) groups is 1. The smallest absolute Gasteiger partial charge is 0.270 e. The largest absolute Gasteiger partial charge is 0.339 e. The Kier molecular flexibility index (Phi) is 5.53. The molecule has 1 amide bonds. The van der Waals surface area contributed by atoms with Crippen molar-refractivity contribution in [1.82, 2.24) is 9.21 Å². The molecule has 0 bridgehead atoms. The van der Waals surface area contributed by atoms with Crippen molar-refractivity contribution in [2.45, 2.75) is 22.1 Å². The molecule has 3 rings (SSSR count). The summed E-state index contributed by atoms with van der Waals surface area (Å²) in [6, 6.07) is 3.14. The highest BCUT2D eigenvalue weighted by Crippen LogP contribution is 2.51. The number of rotatable bonds is 3. The minimum Gasteiger partial charge on any atom is -0.339 e. The highest BCUT2D eigenvalue weighted by Gasteiger charge is 2.64. The molecule has 0 unspecified atom stereocenters. The van der Waals surface area contributed by atoms with Crippen LogP contribution in [0, 0.1) is 11.2 Å². The van der Waals surface area contributed by atoms with Crippen molar-refractivity contribution in [3.8, 4) is 0 Å². The molecule has 2 saturated heterocycles. The van der Waals surface area contributed by atoms with Gasteiger partial charge in [0.25, 0.3) is 11.8 Å². The first-order chi connectivity index (χ1) is 12.4. The monoisotopic (exact) mass is 508 g/mol. The first-order valence-electron chi connectivity index (χ1n) is 7.80. The van der Waals surface area contributed by atoms with Crippen LogP contribution in [-0.4, -0.2) is 60.5 Å². The lowest BCUT2D eigenvalue weighted by Gasteiger charge is -2.57. The zero-order chi connectivity index (χ0) is 20.2. The third kappa shape index (κ3) is 3.59. The van der Waals surface area contributed by atoms with Gasteiger partial charge in [0.15, 0.2) is 4.84 Å². The van der Waals surface area contributed by atoms with Crippen LogP contribution < -0.4 is 0 Å². The van der Waals surface area contributed by atoms with Gasteiger partial charge in [-0.05, 0) is 40.5 Å². The third-order valence-electron chi connectivity index (χ3n) is 5.00. The number of sulfonamides is 1. The molecule has 12 heteroatoms. The van der Waals surface area contributed by atoms with Crippen LogP contribution >= 0.6 is 39.1 Å². The molecule has 27 heavy (non-hydrogen) atoms. The van der Waals surface area contributed by atoms with Gasteiger partial charge in [-0.3, -0.25) is 4.79 Å². The quantitative estimate of drug-likeness (QED) is 0.588. The van der Waals surface area contributed by atoms with Gasteiger partial charge in [-0.25, -0.2) is 21.6 Å². The van der Waals surface area contributed by atoms with E-state index >= 15 is 0 Å². The van der Waals surface area contributed by atoms with E-state index in [1.54, 1.807) is 0 Å². The molecule has 0 N–H and O–H groups in total. The Morgan fingerprint density at radius 1 is 1.22 bits per heavy atom. The van der Waals surface area contributed by atoms with Crippen LogP contribution in [0.1, 0.15) is 6.42 Å². The number of likely N-dealkylation sites (tertiary alicyclic amines) is 1. The van der Waals surface area contributed by atoms with E-state index in [4.69, 9.17) is 23.2 Å². The maximum atomic E-state index is 14.8. The molecule has 0 saturated carbocycles. The van der Waals surface area contributed by atoms with E-state index < -0.39 is 49.4 Å². The summed E-state index contributed by atoms with van der Waals surface area (Å²) >= 11 is 13.9. The minimum atomic E-state index is -4.28. The highest BCUT2D eigenvalue weighted by molar-refractivity contribution is 9.10. The Morgan fingerprint density at radius 3 is 2.37 bits per heavy atom. The highest BCUT2D eigenvalue weighted by atomic mass is 79.9. The molecule has 0 atom stereocenters. The second-order valence-corrected chi connectivity index (χ2v) is 10.5. The van der Waals surface area contributed by atoms with Crippen molar-refractivity contribution < 1.29 is 26.4 Å². The fourth-order valence-corrected chi connectivity index (χ4v) is 5.33. The molecule has 1 aromatic rings. The van der Waals surface area contributed by atoms with Gasteiger partial charge < -0.3 is 4.90 Å². The molecular weight excluding hydrogens is 496 g/mol. The number of hydrogen-bond acceptors (Lipinski definition) is 3. The van der Waals surface area contributed by atoms with E-state index in [1.807, 2.05) is 0 Å². The number of halogens is 6. The van der Waals surface area contributed by atoms with E-state index in [1.165, 1.54) is 6.07 Å². The number of piperidine rings is 1. The van der Waals surface area contributed by atoms with E-state index in [9.17, 15) is 26.4 Å². The van der Waals surface area contributed by atoms with Gasteiger partial charge in [-0.1, -0.05) is 23.2 Å². The topological polar surface area (TPSA) is 57.7 Å². The molecule has 150 valence electrons. The van der Waals surface area contributed by atoms with Crippen molar-refractivity contribution in [2.75, 3.05) is 26.2 Å². The Balaban J connectivity index is 1.78. The average molecular weight is 510 g/mol. The molecule has 0 radical (unpaired) electrons. The number of hydrogen-bond donors (Lipinski definition) is 0. The van der Waals surface area contributed by atoms with Gasteiger partial charge in [-0.2, -0.15) is 4.31 Å².